The maximum absolute atomic E-state index is 12.4. The quantitative estimate of drug-likeness (QED) is 0.348. The minimum absolute atomic E-state index is 0.278. The number of thiophene rings is 1. The molecule has 172 valence electrons. The predicted molar refractivity (Wildman–Crippen MR) is 132 cm³/mol. The Labute approximate surface area is 198 Å². The van der Waals surface area contributed by atoms with E-state index in [0.717, 1.165) is 62.8 Å². The number of hydroxylamine groups is 2. The van der Waals surface area contributed by atoms with Gasteiger partial charge >= 0.3 is 5.97 Å². The Kier molecular flexibility index (Phi) is 6.42. The third kappa shape index (κ3) is 4.66. The molecule has 1 saturated heterocycles. The summed E-state index contributed by atoms with van der Waals surface area (Å²) >= 11 is 1.81. The number of nitrogens with zero attached hydrogens (tertiary/aromatic N) is 4. The van der Waals surface area contributed by atoms with E-state index in [4.69, 9.17) is 9.82 Å². The van der Waals surface area contributed by atoms with Gasteiger partial charge in [0.05, 0.1) is 27.5 Å². The zero-order valence-corrected chi connectivity index (χ0v) is 20.1. The molecule has 7 heteroatoms. The van der Waals surface area contributed by atoms with Crippen LogP contribution in [0, 0.1) is 12.8 Å². The molecule has 3 aromatic heterocycles. The number of aryl methyl sites for hydroxylation is 2. The summed E-state index contributed by atoms with van der Waals surface area (Å²) in [7, 11) is 0. The maximum atomic E-state index is 12.4. The molecule has 0 spiro atoms. The molecule has 0 unspecified atom stereocenters. The van der Waals surface area contributed by atoms with E-state index >= 15 is 0 Å². The number of aromatic nitrogens is 3. The first-order valence-electron chi connectivity index (χ1n) is 11.9. The Morgan fingerprint density at radius 1 is 1.18 bits per heavy atom. The van der Waals surface area contributed by atoms with E-state index in [0.29, 0.717) is 11.5 Å². The molecule has 0 radical (unpaired) electrons. The zero-order chi connectivity index (χ0) is 22.8. The number of pyridine rings is 1. The van der Waals surface area contributed by atoms with E-state index in [1.54, 1.807) is 12.1 Å². The van der Waals surface area contributed by atoms with E-state index in [2.05, 4.69) is 29.5 Å². The van der Waals surface area contributed by atoms with Gasteiger partial charge in [0, 0.05) is 30.9 Å². The monoisotopic (exact) mass is 462 g/mol. The van der Waals surface area contributed by atoms with Crippen molar-refractivity contribution in [2.75, 3.05) is 13.1 Å². The molecule has 5 rings (SSSR count). The maximum Gasteiger partial charge on any atom is 0.357 e. The molecule has 0 saturated carbocycles. The summed E-state index contributed by atoms with van der Waals surface area (Å²) in [5.74, 6) is 1.42. The highest BCUT2D eigenvalue weighted by Crippen LogP contribution is 2.33. The number of benzene rings is 1. The van der Waals surface area contributed by atoms with Crippen LogP contribution in [-0.4, -0.2) is 38.7 Å². The van der Waals surface area contributed by atoms with Crippen molar-refractivity contribution in [1.29, 1.82) is 0 Å². The van der Waals surface area contributed by atoms with Crippen molar-refractivity contribution < 1.29 is 9.63 Å². The highest BCUT2D eigenvalue weighted by Gasteiger charge is 2.25. The molecule has 0 amide bonds. The third-order valence-corrected chi connectivity index (χ3v) is 7.49. The van der Waals surface area contributed by atoms with Crippen molar-refractivity contribution in [1.82, 2.24) is 19.6 Å². The Bertz CT molecular complexity index is 1260. The summed E-state index contributed by atoms with van der Waals surface area (Å²) in [4.78, 5) is 28.9. The molecule has 33 heavy (non-hydrogen) atoms. The molecule has 0 N–H and O–H groups in total. The van der Waals surface area contributed by atoms with Gasteiger partial charge in [0.25, 0.3) is 0 Å². The molecule has 1 fully saturated rings. The number of carbonyl (C=O) groups excluding carboxylic acids is 1. The van der Waals surface area contributed by atoms with Crippen molar-refractivity contribution in [3.63, 3.8) is 0 Å². The first-order valence-corrected chi connectivity index (χ1v) is 12.7. The number of piperidine rings is 1. The van der Waals surface area contributed by atoms with Crippen LogP contribution >= 0.6 is 11.3 Å². The first kappa shape index (κ1) is 22.0. The molecule has 0 bridgehead atoms. The third-order valence-electron chi connectivity index (χ3n) is 6.44. The molecule has 6 nitrogen and oxygen atoms in total. The van der Waals surface area contributed by atoms with Crippen LogP contribution in [0.5, 0.6) is 0 Å². The van der Waals surface area contributed by atoms with E-state index < -0.39 is 0 Å². The number of imidazole rings is 1. The van der Waals surface area contributed by atoms with Crippen LogP contribution in [0.4, 0.5) is 0 Å². The average Bonchev–Trinajstić information content (AvgIpc) is 3.38. The lowest BCUT2D eigenvalue weighted by Gasteiger charge is -2.31. The summed E-state index contributed by atoms with van der Waals surface area (Å²) in [6.07, 6.45) is 7.20. The van der Waals surface area contributed by atoms with Crippen LogP contribution < -0.4 is 0 Å². The molecule has 1 aliphatic rings. The summed E-state index contributed by atoms with van der Waals surface area (Å²) in [6, 6.07) is 11.4. The number of unbranched alkanes of at least 4 members (excludes halogenated alkanes) is 1. The number of carbonyl (C=O) groups is 1. The molecule has 1 aromatic carbocycles. The van der Waals surface area contributed by atoms with E-state index in [-0.39, 0.29) is 5.97 Å². The van der Waals surface area contributed by atoms with Crippen molar-refractivity contribution in [3.8, 4) is 0 Å². The van der Waals surface area contributed by atoms with E-state index in [1.807, 2.05) is 40.8 Å². The highest BCUT2D eigenvalue weighted by atomic mass is 32.1. The highest BCUT2D eigenvalue weighted by molar-refractivity contribution is 7.19. The minimum atomic E-state index is -0.278. The fraction of sp³-hybridized carbons (Fsp3) is 0.423. The smallest absolute Gasteiger partial charge is 0.357 e. The summed E-state index contributed by atoms with van der Waals surface area (Å²) in [6.45, 7) is 6.84. The van der Waals surface area contributed by atoms with E-state index in [9.17, 15) is 4.79 Å². The molecular formula is C26H30N4O2S. The predicted octanol–water partition coefficient (Wildman–Crippen LogP) is 5.78. The van der Waals surface area contributed by atoms with Crippen LogP contribution in [0.25, 0.3) is 21.3 Å². The molecule has 0 aliphatic carbocycles. The fourth-order valence-electron chi connectivity index (χ4n) is 4.65. The summed E-state index contributed by atoms with van der Waals surface area (Å²) in [5, 5.41) is 1.82. The van der Waals surface area contributed by atoms with Gasteiger partial charge < -0.3 is 9.40 Å². The van der Waals surface area contributed by atoms with Crippen LogP contribution in [0.15, 0.2) is 42.6 Å². The lowest BCUT2D eigenvalue weighted by Crippen LogP contribution is -2.36. The van der Waals surface area contributed by atoms with Crippen molar-refractivity contribution in [2.24, 2.45) is 5.92 Å². The fourth-order valence-corrected chi connectivity index (χ4v) is 5.67. The van der Waals surface area contributed by atoms with Crippen molar-refractivity contribution in [2.45, 2.75) is 52.5 Å². The van der Waals surface area contributed by atoms with Crippen molar-refractivity contribution in [3.05, 3.63) is 58.9 Å². The second kappa shape index (κ2) is 9.61. The number of fused-ring (bicyclic) bond motifs is 3. The van der Waals surface area contributed by atoms with Gasteiger partial charge in [0.1, 0.15) is 11.3 Å². The standard InChI is InChI=1S/C26H30N4O2S/c1-3-4-10-23-28-22-16-27-21-15-18(2)33-25(21)24(22)30(23)17-19-11-13-29(14-12-19)32-26(31)20-8-6-5-7-9-20/h5-9,15-16,19H,3-4,10-14,17H2,1-2H3. The number of hydrogen-bond donors (Lipinski definition) is 0. The average molecular weight is 463 g/mol. The lowest BCUT2D eigenvalue weighted by molar-refractivity contribution is -0.126. The van der Waals surface area contributed by atoms with Gasteiger partial charge in [-0.2, -0.15) is 0 Å². The second-order valence-corrected chi connectivity index (χ2v) is 10.2. The number of rotatable bonds is 7. The largest absolute Gasteiger partial charge is 0.364 e. The summed E-state index contributed by atoms with van der Waals surface area (Å²) < 4.78 is 3.70. The minimum Gasteiger partial charge on any atom is -0.364 e. The Morgan fingerprint density at radius 3 is 2.73 bits per heavy atom. The topological polar surface area (TPSA) is 60.3 Å². The van der Waals surface area contributed by atoms with E-state index in [1.165, 1.54) is 20.9 Å². The van der Waals surface area contributed by atoms with Gasteiger partial charge in [-0.3, -0.25) is 4.98 Å². The normalized spacial score (nSPS) is 15.5. The van der Waals surface area contributed by atoms with Crippen LogP contribution in [0.2, 0.25) is 0 Å². The van der Waals surface area contributed by atoms with Gasteiger partial charge in [-0.05, 0) is 50.3 Å². The summed E-state index contributed by atoms with van der Waals surface area (Å²) in [5.41, 5.74) is 3.90. The SMILES string of the molecule is CCCCc1nc2cnc3cc(C)sc3c2n1CC1CCN(OC(=O)c2ccccc2)CC1. The molecule has 1 aliphatic heterocycles. The molecule has 4 aromatic rings. The van der Waals surface area contributed by atoms with Crippen molar-refractivity contribution >= 4 is 38.6 Å². The Balaban J connectivity index is 1.33. The van der Waals surface area contributed by atoms with Gasteiger partial charge in [-0.1, -0.05) is 31.5 Å². The molecule has 0 atom stereocenters. The first-order chi connectivity index (χ1) is 16.1. The Hall–Kier alpha value is -2.77. The van der Waals surface area contributed by atoms with Gasteiger partial charge in [0.2, 0.25) is 0 Å². The van der Waals surface area contributed by atoms with Gasteiger partial charge in [-0.25, -0.2) is 9.78 Å². The molecule has 4 heterocycles. The Morgan fingerprint density at radius 2 is 1.97 bits per heavy atom. The zero-order valence-electron chi connectivity index (χ0n) is 19.3. The van der Waals surface area contributed by atoms with Crippen LogP contribution in [0.3, 0.4) is 0 Å². The van der Waals surface area contributed by atoms with Crippen LogP contribution in [0.1, 0.15) is 53.7 Å². The van der Waals surface area contributed by atoms with Crippen LogP contribution in [-0.2, 0) is 17.8 Å². The number of hydrogen-bond acceptors (Lipinski definition) is 6. The van der Waals surface area contributed by atoms with Gasteiger partial charge in [0.15, 0.2) is 0 Å². The van der Waals surface area contributed by atoms with Gasteiger partial charge in [-0.15, -0.1) is 16.4 Å². The second-order valence-electron chi connectivity index (χ2n) is 8.92. The lowest BCUT2D eigenvalue weighted by atomic mass is 9.97. The molecular weight excluding hydrogens is 432 g/mol.